The van der Waals surface area contributed by atoms with Gasteiger partial charge < -0.3 is 19.7 Å². The molecule has 2 aliphatic rings. The van der Waals surface area contributed by atoms with Crippen LogP contribution in [0.5, 0.6) is 5.75 Å². The van der Waals surface area contributed by atoms with E-state index in [1.54, 1.807) is 20.3 Å². The minimum Gasteiger partial charge on any atom is -0.489 e. The van der Waals surface area contributed by atoms with Crippen LogP contribution in [0.15, 0.2) is 43.0 Å². The molecule has 12 heteroatoms. The summed E-state index contributed by atoms with van der Waals surface area (Å²) in [4.78, 5) is 26.5. The highest BCUT2D eigenvalue weighted by atomic mass is 16.6. The number of pyridine rings is 1. The van der Waals surface area contributed by atoms with Crippen molar-refractivity contribution in [1.29, 1.82) is 0 Å². The van der Waals surface area contributed by atoms with Crippen molar-refractivity contribution in [2.45, 2.75) is 52.2 Å². The van der Waals surface area contributed by atoms with Gasteiger partial charge in [-0.25, -0.2) is 9.31 Å². The van der Waals surface area contributed by atoms with Gasteiger partial charge in [-0.15, -0.1) is 0 Å². The van der Waals surface area contributed by atoms with E-state index in [1.807, 2.05) is 69.3 Å². The van der Waals surface area contributed by atoms with E-state index in [4.69, 9.17) is 9.47 Å². The van der Waals surface area contributed by atoms with Gasteiger partial charge >= 0.3 is 6.09 Å². The van der Waals surface area contributed by atoms with E-state index in [1.165, 1.54) is 0 Å². The fourth-order valence-electron chi connectivity index (χ4n) is 5.06. The summed E-state index contributed by atoms with van der Waals surface area (Å²) in [6.45, 7) is 7.83. The molecule has 12 nitrogen and oxygen atoms in total. The van der Waals surface area contributed by atoms with E-state index in [0.717, 1.165) is 41.6 Å². The molecule has 5 heterocycles. The van der Waals surface area contributed by atoms with Crippen LogP contribution in [-0.2, 0) is 23.1 Å². The topological polar surface area (TPSA) is 121 Å². The fourth-order valence-corrected chi connectivity index (χ4v) is 5.06. The van der Waals surface area contributed by atoms with Crippen LogP contribution in [0.4, 0.5) is 10.6 Å². The number of nitrogens with zero attached hydrogens (tertiary/aromatic N) is 7. The van der Waals surface area contributed by atoms with Crippen LogP contribution < -0.4 is 10.1 Å². The second kappa shape index (κ2) is 10.6. The first-order valence-corrected chi connectivity index (χ1v) is 14.1. The van der Waals surface area contributed by atoms with E-state index >= 15 is 0 Å². The first-order valence-electron chi connectivity index (χ1n) is 14.1. The van der Waals surface area contributed by atoms with E-state index in [9.17, 15) is 9.59 Å². The molecule has 4 aromatic rings. The molecule has 41 heavy (non-hydrogen) atoms. The highest BCUT2D eigenvalue weighted by molar-refractivity contribution is 5.93. The molecule has 2 amide bonds. The van der Waals surface area contributed by atoms with Crippen molar-refractivity contribution < 1.29 is 19.1 Å². The van der Waals surface area contributed by atoms with Gasteiger partial charge in [0, 0.05) is 61.6 Å². The van der Waals surface area contributed by atoms with Gasteiger partial charge in [0.2, 0.25) is 5.91 Å². The summed E-state index contributed by atoms with van der Waals surface area (Å²) < 4.78 is 17.3. The number of carbonyl (C=O) groups excluding carboxylic acids is 2. The average Bonchev–Trinajstić information content (AvgIpc) is 3.20. The van der Waals surface area contributed by atoms with Crippen molar-refractivity contribution in [3.8, 4) is 17.0 Å². The lowest BCUT2D eigenvalue weighted by Gasteiger charge is -2.24. The first-order chi connectivity index (χ1) is 19.6. The predicted octanol–water partition coefficient (Wildman–Crippen LogP) is 3.96. The van der Waals surface area contributed by atoms with Crippen LogP contribution in [0.2, 0.25) is 0 Å². The number of amides is 2. The van der Waals surface area contributed by atoms with Crippen molar-refractivity contribution >= 4 is 23.3 Å². The number of anilines is 1. The Balaban J connectivity index is 1.22. The van der Waals surface area contributed by atoms with Crippen molar-refractivity contribution in [3.63, 3.8) is 0 Å². The second-order valence-corrected chi connectivity index (χ2v) is 12.0. The molecular formula is C29H36N8O4. The number of ether oxygens (including phenoxy) is 2. The Labute approximate surface area is 238 Å². The third-order valence-corrected chi connectivity index (χ3v) is 7.24. The molecule has 4 aromatic heterocycles. The Morgan fingerprint density at radius 1 is 1.12 bits per heavy atom. The maximum absolute atomic E-state index is 12.5. The van der Waals surface area contributed by atoms with Crippen molar-refractivity contribution in [2.75, 3.05) is 25.0 Å². The Morgan fingerprint density at radius 3 is 2.68 bits per heavy atom. The quantitative estimate of drug-likeness (QED) is 0.346. The van der Waals surface area contributed by atoms with Crippen LogP contribution in [0.3, 0.4) is 0 Å². The lowest BCUT2D eigenvalue weighted by Crippen LogP contribution is -2.35. The monoisotopic (exact) mass is 560 g/mol. The molecule has 2 fully saturated rings. The fraction of sp³-hybridized carbons (Fsp3) is 0.483. The third-order valence-electron chi connectivity index (χ3n) is 7.24. The molecule has 1 aliphatic heterocycles. The first kappa shape index (κ1) is 26.9. The van der Waals surface area contributed by atoms with Crippen molar-refractivity contribution in [2.24, 2.45) is 18.9 Å². The normalized spacial score (nSPS) is 17.3. The number of fused-ring (bicyclic) bond motifs is 1. The maximum atomic E-state index is 12.5. The Kier molecular flexibility index (Phi) is 6.92. The van der Waals surface area contributed by atoms with Gasteiger partial charge in [0.25, 0.3) is 0 Å². The zero-order chi connectivity index (χ0) is 28.7. The van der Waals surface area contributed by atoms with Gasteiger partial charge in [0.05, 0.1) is 31.1 Å². The number of rotatable bonds is 8. The molecule has 1 saturated heterocycles. The Morgan fingerprint density at radius 2 is 1.95 bits per heavy atom. The van der Waals surface area contributed by atoms with Crippen molar-refractivity contribution in [1.82, 2.24) is 34.1 Å². The minimum absolute atomic E-state index is 0.0241. The zero-order valence-corrected chi connectivity index (χ0v) is 23.9. The third kappa shape index (κ3) is 6.21. The molecule has 1 aliphatic carbocycles. The summed E-state index contributed by atoms with van der Waals surface area (Å²) in [6, 6.07) is 5.86. The summed E-state index contributed by atoms with van der Waals surface area (Å²) in [5.41, 5.74) is 3.09. The van der Waals surface area contributed by atoms with E-state index in [-0.39, 0.29) is 23.8 Å². The van der Waals surface area contributed by atoms with Gasteiger partial charge in [0.1, 0.15) is 11.3 Å². The van der Waals surface area contributed by atoms with E-state index in [2.05, 4.69) is 20.6 Å². The number of hydrogen-bond donors (Lipinski definition) is 1. The number of carbonyl (C=O) groups is 2. The van der Waals surface area contributed by atoms with Crippen LogP contribution in [0, 0.1) is 11.8 Å². The number of aryl methyl sites for hydroxylation is 1. The molecule has 0 radical (unpaired) electrons. The summed E-state index contributed by atoms with van der Waals surface area (Å²) in [5.74, 6) is 1.52. The Hall–Kier alpha value is -4.35. The van der Waals surface area contributed by atoms with Crippen LogP contribution in [-0.4, -0.2) is 71.4 Å². The SMILES string of the molecule is Cn1cc(Cn2ncc(OCC3CCN(C(=O)OC(C)(C)C)C3)c2-c2ccn3nc(NC(=O)C4CC4)cc3c2)cn1. The minimum atomic E-state index is -0.524. The molecule has 0 spiro atoms. The second-order valence-electron chi connectivity index (χ2n) is 12.0. The summed E-state index contributed by atoms with van der Waals surface area (Å²) in [7, 11) is 1.89. The largest absolute Gasteiger partial charge is 0.489 e. The lowest BCUT2D eigenvalue weighted by molar-refractivity contribution is -0.117. The molecule has 0 bridgehead atoms. The lowest BCUT2D eigenvalue weighted by atomic mass is 10.1. The molecular weight excluding hydrogens is 524 g/mol. The van der Waals surface area contributed by atoms with Gasteiger partial charge in [-0.2, -0.15) is 15.3 Å². The average molecular weight is 561 g/mol. The summed E-state index contributed by atoms with van der Waals surface area (Å²) >= 11 is 0. The summed E-state index contributed by atoms with van der Waals surface area (Å²) in [6.07, 6.45) is 9.84. The molecule has 1 saturated carbocycles. The number of hydrogen-bond acceptors (Lipinski definition) is 7. The highest BCUT2D eigenvalue weighted by Crippen LogP contribution is 2.33. The molecule has 1 atom stereocenters. The molecule has 1 N–H and O–H groups in total. The zero-order valence-electron chi connectivity index (χ0n) is 23.9. The predicted molar refractivity (Wildman–Crippen MR) is 151 cm³/mol. The smallest absolute Gasteiger partial charge is 0.410 e. The number of likely N-dealkylation sites (tertiary alicyclic amines) is 1. The van der Waals surface area contributed by atoms with Gasteiger partial charge in [-0.05, 0) is 52.2 Å². The van der Waals surface area contributed by atoms with E-state index < -0.39 is 5.60 Å². The van der Waals surface area contributed by atoms with Gasteiger partial charge in [-0.1, -0.05) is 0 Å². The maximum Gasteiger partial charge on any atom is 0.410 e. The molecule has 1 unspecified atom stereocenters. The van der Waals surface area contributed by atoms with Crippen molar-refractivity contribution in [3.05, 3.63) is 48.5 Å². The van der Waals surface area contributed by atoms with Crippen LogP contribution >= 0.6 is 0 Å². The molecule has 6 rings (SSSR count). The van der Waals surface area contributed by atoms with E-state index in [0.29, 0.717) is 37.8 Å². The molecule has 0 aromatic carbocycles. The highest BCUT2D eigenvalue weighted by Gasteiger charge is 2.31. The van der Waals surface area contributed by atoms with Crippen LogP contribution in [0.25, 0.3) is 16.8 Å². The van der Waals surface area contributed by atoms with Crippen LogP contribution in [0.1, 0.15) is 45.6 Å². The van der Waals surface area contributed by atoms with Gasteiger partial charge in [0.15, 0.2) is 11.6 Å². The number of nitrogens with one attached hydrogen (secondary N) is 1. The van der Waals surface area contributed by atoms with Gasteiger partial charge in [-0.3, -0.25) is 14.2 Å². The summed E-state index contributed by atoms with van der Waals surface area (Å²) in [5, 5.41) is 16.4. The molecule has 216 valence electrons. The standard InChI is InChI=1S/C29H36N8O4/c1-29(2,3)41-28(39)35-9-7-19(16-35)18-40-24-14-31-37(17-20-13-30-34(4)15-20)26(24)22-8-10-36-23(11-22)12-25(33-36)32-27(38)21-5-6-21/h8,10-15,19,21H,5-7,9,16-18H2,1-4H3,(H,32,33,38). The Bertz CT molecular complexity index is 1570. The number of aromatic nitrogens is 6.